The van der Waals surface area contributed by atoms with Gasteiger partial charge in [0.1, 0.15) is 0 Å². The van der Waals surface area contributed by atoms with Crippen LogP contribution in [0.25, 0.3) is 16.6 Å². The van der Waals surface area contributed by atoms with Crippen molar-refractivity contribution in [1.29, 1.82) is 0 Å². The van der Waals surface area contributed by atoms with Crippen molar-refractivity contribution in [2.75, 3.05) is 31.1 Å². The van der Waals surface area contributed by atoms with Gasteiger partial charge in [-0.15, -0.1) is 10.2 Å². The Kier molecular flexibility index (Phi) is 4.44. The van der Waals surface area contributed by atoms with Crippen molar-refractivity contribution in [3.8, 4) is 5.82 Å². The molecule has 144 valence electrons. The molecule has 5 rings (SSSR count). The third-order valence-corrected chi connectivity index (χ3v) is 5.42. The number of hydrogen-bond acceptors (Lipinski definition) is 4. The molecule has 6 nitrogen and oxygen atoms in total. The first-order valence-corrected chi connectivity index (χ1v) is 9.79. The summed E-state index contributed by atoms with van der Waals surface area (Å²) in [6.07, 6.45) is 3.89. The molecular weight excluding hydrogens is 362 g/mol. The Bertz CT molecular complexity index is 1120. The second-order valence-corrected chi connectivity index (χ2v) is 7.15. The van der Waals surface area contributed by atoms with E-state index in [4.69, 9.17) is 0 Å². The maximum absolute atomic E-state index is 13.1. The number of rotatable bonds is 3. The fourth-order valence-electron chi connectivity index (χ4n) is 3.83. The third-order valence-electron chi connectivity index (χ3n) is 5.42. The lowest BCUT2D eigenvalue weighted by atomic mass is 10.0. The summed E-state index contributed by atoms with van der Waals surface area (Å²) in [5, 5.41) is 10.8. The van der Waals surface area contributed by atoms with E-state index in [1.807, 2.05) is 88.6 Å². The van der Waals surface area contributed by atoms with Crippen LogP contribution < -0.4 is 4.90 Å². The summed E-state index contributed by atoms with van der Waals surface area (Å²) in [6.45, 7) is 2.83. The average molecular weight is 383 g/mol. The number of aromatic nitrogens is 3. The summed E-state index contributed by atoms with van der Waals surface area (Å²) in [5.74, 6) is 1.73. The van der Waals surface area contributed by atoms with E-state index in [0.717, 1.165) is 41.1 Å². The SMILES string of the molecule is O=C(c1cccc2ccccc12)N1CCN(c2ccc(-n3cccc3)nn2)CC1. The van der Waals surface area contributed by atoms with E-state index in [2.05, 4.69) is 15.1 Å². The first-order valence-electron chi connectivity index (χ1n) is 9.79. The van der Waals surface area contributed by atoms with E-state index in [1.165, 1.54) is 0 Å². The number of carbonyl (C=O) groups excluding carboxylic acids is 1. The first-order chi connectivity index (χ1) is 14.3. The molecule has 1 fully saturated rings. The first kappa shape index (κ1) is 17.4. The Balaban J connectivity index is 1.28. The molecule has 0 N–H and O–H groups in total. The van der Waals surface area contributed by atoms with Gasteiger partial charge in [-0.3, -0.25) is 4.79 Å². The van der Waals surface area contributed by atoms with E-state index in [9.17, 15) is 4.79 Å². The highest BCUT2D eigenvalue weighted by molar-refractivity contribution is 6.07. The molecule has 1 aliphatic heterocycles. The predicted molar refractivity (Wildman–Crippen MR) is 113 cm³/mol. The lowest BCUT2D eigenvalue weighted by Crippen LogP contribution is -2.49. The molecule has 0 bridgehead atoms. The van der Waals surface area contributed by atoms with E-state index in [-0.39, 0.29) is 5.91 Å². The van der Waals surface area contributed by atoms with Crippen LogP contribution >= 0.6 is 0 Å². The smallest absolute Gasteiger partial charge is 0.254 e. The Morgan fingerprint density at radius 3 is 2.17 bits per heavy atom. The van der Waals surface area contributed by atoms with Gasteiger partial charge in [-0.2, -0.15) is 0 Å². The number of piperazine rings is 1. The van der Waals surface area contributed by atoms with Crippen molar-refractivity contribution < 1.29 is 4.79 Å². The molecule has 0 aliphatic carbocycles. The van der Waals surface area contributed by atoms with Gasteiger partial charge in [0, 0.05) is 44.1 Å². The van der Waals surface area contributed by atoms with Crippen molar-refractivity contribution >= 4 is 22.5 Å². The molecule has 0 atom stereocenters. The highest BCUT2D eigenvalue weighted by Crippen LogP contribution is 2.21. The molecule has 4 aromatic rings. The summed E-state index contributed by atoms with van der Waals surface area (Å²) >= 11 is 0. The van der Waals surface area contributed by atoms with Crippen molar-refractivity contribution in [3.05, 3.63) is 84.7 Å². The second-order valence-electron chi connectivity index (χ2n) is 7.15. The van der Waals surface area contributed by atoms with Crippen LogP contribution in [0.1, 0.15) is 10.4 Å². The van der Waals surface area contributed by atoms with Gasteiger partial charge in [-0.05, 0) is 41.1 Å². The van der Waals surface area contributed by atoms with Crippen LogP contribution in [0.15, 0.2) is 79.1 Å². The van der Waals surface area contributed by atoms with Gasteiger partial charge >= 0.3 is 0 Å². The third kappa shape index (κ3) is 3.33. The number of anilines is 1. The predicted octanol–water partition coefficient (Wildman–Crippen LogP) is 3.38. The molecule has 2 aromatic carbocycles. The van der Waals surface area contributed by atoms with Gasteiger partial charge in [-0.25, -0.2) is 0 Å². The van der Waals surface area contributed by atoms with Crippen molar-refractivity contribution in [1.82, 2.24) is 19.7 Å². The molecule has 1 aliphatic rings. The maximum atomic E-state index is 13.1. The summed E-state index contributed by atoms with van der Waals surface area (Å²) in [7, 11) is 0. The lowest BCUT2D eigenvalue weighted by Gasteiger charge is -2.35. The molecule has 0 spiro atoms. The van der Waals surface area contributed by atoms with Gasteiger partial charge in [0.05, 0.1) is 0 Å². The van der Waals surface area contributed by atoms with Crippen LogP contribution in [0.3, 0.4) is 0 Å². The van der Waals surface area contributed by atoms with Gasteiger partial charge in [0.25, 0.3) is 5.91 Å². The Labute approximate surface area is 169 Å². The van der Waals surface area contributed by atoms with Crippen molar-refractivity contribution in [3.63, 3.8) is 0 Å². The zero-order valence-corrected chi connectivity index (χ0v) is 16.0. The lowest BCUT2D eigenvalue weighted by molar-refractivity contribution is 0.0748. The van der Waals surface area contributed by atoms with Crippen LogP contribution in [0.4, 0.5) is 5.82 Å². The largest absolute Gasteiger partial charge is 0.352 e. The van der Waals surface area contributed by atoms with E-state index >= 15 is 0 Å². The number of carbonyl (C=O) groups is 1. The van der Waals surface area contributed by atoms with Crippen LogP contribution in [-0.4, -0.2) is 51.8 Å². The Morgan fingerprint density at radius 2 is 1.41 bits per heavy atom. The molecule has 6 heteroatoms. The molecule has 0 saturated carbocycles. The van der Waals surface area contributed by atoms with Gasteiger partial charge < -0.3 is 14.4 Å². The average Bonchev–Trinajstić information content (AvgIpc) is 3.33. The minimum Gasteiger partial charge on any atom is -0.352 e. The molecule has 2 aromatic heterocycles. The van der Waals surface area contributed by atoms with Gasteiger partial charge in [0.2, 0.25) is 0 Å². The van der Waals surface area contributed by atoms with Crippen LogP contribution in [0.5, 0.6) is 0 Å². The monoisotopic (exact) mass is 383 g/mol. The van der Waals surface area contributed by atoms with Crippen LogP contribution in [0.2, 0.25) is 0 Å². The molecule has 0 unspecified atom stereocenters. The summed E-state index contributed by atoms with van der Waals surface area (Å²) < 4.78 is 1.93. The van der Waals surface area contributed by atoms with E-state index in [1.54, 1.807) is 0 Å². The maximum Gasteiger partial charge on any atom is 0.254 e. The summed E-state index contributed by atoms with van der Waals surface area (Å²) in [6, 6.07) is 21.8. The molecule has 0 radical (unpaired) electrons. The van der Waals surface area contributed by atoms with Crippen LogP contribution in [-0.2, 0) is 0 Å². The van der Waals surface area contributed by atoms with E-state index in [0.29, 0.717) is 13.1 Å². The zero-order chi connectivity index (χ0) is 19.6. The highest BCUT2D eigenvalue weighted by atomic mass is 16.2. The fraction of sp³-hybridized carbons (Fsp3) is 0.174. The zero-order valence-electron chi connectivity index (χ0n) is 16.0. The number of benzene rings is 2. The van der Waals surface area contributed by atoms with Gasteiger partial charge in [-0.1, -0.05) is 36.4 Å². The van der Waals surface area contributed by atoms with Crippen LogP contribution in [0, 0.1) is 0 Å². The Hall–Kier alpha value is -3.67. The van der Waals surface area contributed by atoms with E-state index < -0.39 is 0 Å². The second kappa shape index (κ2) is 7.39. The minimum atomic E-state index is 0.0930. The highest BCUT2D eigenvalue weighted by Gasteiger charge is 2.24. The molecule has 1 saturated heterocycles. The minimum absolute atomic E-state index is 0.0930. The standard InChI is InChI=1S/C23H21N5O/c29-23(20-9-5-7-18-6-1-2-8-19(18)20)28-16-14-27(15-17-28)22-11-10-21(24-25-22)26-12-3-4-13-26/h1-13H,14-17H2. The molecule has 29 heavy (non-hydrogen) atoms. The van der Waals surface area contributed by atoms with Crippen molar-refractivity contribution in [2.45, 2.75) is 0 Å². The van der Waals surface area contributed by atoms with Crippen molar-refractivity contribution in [2.24, 2.45) is 0 Å². The normalized spacial score (nSPS) is 14.3. The van der Waals surface area contributed by atoms with Gasteiger partial charge in [0.15, 0.2) is 11.6 Å². The summed E-state index contributed by atoms with van der Waals surface area (Å²) in [4.78, 5) is 17.2. The molecular formula is C23H21N5O. The number of nitrogens with zero attached hydrogens (tertiary/aromatic N) is 5. The number of amides is 1. The quantitative estimate of drug-likeness (QED) is 0.544. The molecule has 1 amide bonds. The Morgan fingerprint density at radius 1 is 0.724 bits per heavy atom. The summed E-state index contributed by atoms with van der Waals surface area (Å²) in [5.41, 5.74) is 0.771. The molecule has 3 heterocycles. The topological polar surface area (TPSA) is 54.3 Å². The number of fused-ring (bicyclic) bond motifs is 1. The number of hydrogen-bond donors (Lipinski definition) is 0. The fourth-order valence-corrected chi connectivity index (χ4v) is 3.83.